The second kappa shape index (κ2) is 6.26. The quantitative estimate of drug-likeness (QED) is 0.721. The molecule has 1 aromatic rings. The zero-order valence-corrected chi connectivity index (χ0v) is 17.3. The van der Waals surface area contributed by atoms with Gasteiger partial charge in [0.2, 0.25) is 0 Å². The molecule has 4 aliphatic rings. The maximum Gasteiger partial charge on any atom is 0.338 e. The maximum absolute atomic E-state index is 12.7. The molecule has 5 heteroatoms. The molecule has 0 spiro atoms. The van der Waals surface area contributed by atoms with Gasteiger partial charge in [-0.2, -0.15) is 0 Å². The number of hydrogen-bond donors (Lipinski definition) is 0. The third-order valence-corrected chi connectivity index (χ3v) is 8.08. The summed E-state index contributed by atoms with van der Waals surface area (Å²) in [5, 5.41) is 0. The van der Waals surface area contributed by atoms with E-state index in [4.69, 9.17) is 14.2 Å². The van der Waals surface area contributed by atoms with E-state index in [1.54, 1.807) is 19.2 Å². The molecule has 154 valence electrons. The number of carbonyl (C=O) groups excluding carboxylic acids is 2. The number of rotatable bonds is 3. The summed E-state index contributed by atoms with van der Waals surface area (Å²) in [6, 6.07) is 9.06. The number of fused-ring (bicyclic) bond motifs is 6. The highest BCUT2D eigenvalue weighted by Crippen LogP contribution is 2.67. The van der Waals surface area contributed by atoms with E-state index in [1.807, 2.05) is 24.3 Å². The maximum atomic E-state index is 12.7. The van der Waals surface area contributed by atoms with Crippen molar-refractivity contribution in [3.8, 4) is 0 Å². The van der Waals surface area contributed by atoms with E-state index in [1.165, 1.54) is 5.57 Å². The fourth-order valence-electron chi connectivity index (χ4n) is 6.36. The Labute approximate surface area is 171 Å². The summed E-state index contributed by atoms with van der Waals surface area (Å²) in [6.45, 7) is 4.44. The van der Waals surface area contributed by atoms with Gasteiger partial charge in [0.15, 0.2) is 11.6 Å². The van der Waals surface area contributed by atoms with Gasteiger partial charge in [-0.15, -0.1) is 0 Å². The van der Waals surface area contributed by atoms with Crippen LogP contribution in [0.4, 0.5) is 0 Å². The van der Waals surface area contributed by atoms with E-state index in [9.17, 15) is 9.59 Å². The lowest BCUT2D eigenvalue weighted by Crippen LogP contribution is -2.59. The van der Waals surface area contributed by atoms with Gasteiger partial charge in [0.25, 0.3) is 0 Å². The molecule has 0 amide bonds. The Hall–Kier alpha value is -1.98. The van der Waals surface area contributed by atoms with Crippen LogP contribution >= 0.6 is 0 Å². The monoisotopic (exact) mass is 396 g/mol. The van der Waals surface area contributed by atoms with Crippen molar-refractivity contribution in [2.24, 2.45) is 16.7 Å². The summed E-state index contributed by atoms with van der Waals surface area (Å²) in [4.78, 5) is 25.0. The predicted octanol–water partition coefficient (Wildman–Crippen LogP) is 4.07. The third-order valence-electron chi connectivity index (χ3n) is 8.08. The Balaban J connectivity index is 1.47. The molecular weight excluding hydrogens is 368 g/mol. The summed E-state index contributed by atoms with van der Waals surface area (Å²) >= 11 is 0. The predicted molar refractivity (Wildman–Crippen MR) is 106 cm³/mol. The Morgan fingerprint density at radius 2 is 1.93 bits per heavy atom. The molecule has 5 nitrogen and oxygen atoms in total. The minimum atomic E-state index is -0.796. The van der Waals surface area contributed by atoms with Gasteiger partial charge in [-0.05, 0) is 48.8 Å². The molecule has 2 aliphatic heterocycles. The zero-order chi connectivity index (χ0) is 20.4. The number of benzene rings is 1. The number of carbonyl (C=O) groups is 2. The van der Waals surface area contributed by atoms with Gasteiger partial charge in [-0.25, -0.2) is 4.79 Å². The number of methoxy groups -OCH3 is 1. The van der Waals surface area contributed by atoms with Crippen molar-refractivity contribution >= 4 is 11.8 Å². The normalized spacial score (nSPS) is 42.8. The molecule has 1 saturated carbocycles. The molecule has 1 aromatic carbocycles. The van der Waals surface area contributed by atoms with Crippen LogP contribution in [0.1, 0.15) is 56.3 Å². The molecule has 0 aromatic heterocycles. The van der Waals surface area contributed by atoms with Crippen molar-refractivity contribution in [3.05, 3.63) is 47.5 Å². The van der Waals surface area contributed by atoms with Crippen molar-refractivity contribution in [1.29, 1.82) is 0 Å². The Bertz CT molecular complexity index is 892. The Morgan fingerprint density at radius 1 is 1.17 bits per heavy atom. The van der Waals surface area contributed by atoms with Gasteiger partial charge in [0, 0.05) is 25.4 Å². The first-order valence-corrected chi connectivity index (χ1v) is 10.5. The summed E-state index contributed by atoms with van der Waals surface area (Å²) in [5.74, 6) is -0.696. The zero-order valence-electron chi connectivity index (χ0n) is 17.3. The molecule has 0 unspecified atom stereocenters. The average molecular weight is 396 g/mol. The van der Waals surface area contributed by atoms with Crippen LogP contribution in [-0.2, 0) is 19.0 Å². The number of ether oxygens (including phenoxy) is 3. The van der Waals surface area contributed by atoms with Crippen LogP contribution in [0.2, 0.25) is 0 Å². The van der Waals surface area contributed by atoms with Crippen LogP contribution in [0.15, 0.2) is 42.0 Å². The Morgan fingerprint density at radius 3 is 2.66 bits per heavy atom. The fourth-order valence-corrected chi connectivity index (χ4v) is 6.36. The highest BCUT2D eigenvalue weighted by Gasteiger charge is 2.69. The first-order chi connectivity index (χ1) is 13.8. The average Bonchev–Trinajstić information content (AvgIpc) is 3.20. The standard InChI is InChI=1S/C24H28O5/c1-22-9-10-23(2)18(17(22)11-16(25)13-22)12-19-20(14-24(23,27-3)29-19)28-21(26)15-7-5-4-6-8-15/h4-8,11,18-20H,9-10,12-14H2,1-3H3/t18-,19-,20+,22+,23-,24-/m0/s1. The summed E-state index contributed by atoms with van der Waals surface area (Å²) in [7, 11) is 1.69. The Kier molecular flexibility index (Phi) is 4.10. The number of allylic oxidation sites excluding steroid dienone is 2. The minimum absolute atomic E-state index is 0.0524. The lowest BCUT2D eigenvalue weighted by Gasteiger charge is -2.58. The largest absolute Gasteiger partial charge is 0.456 e. The van der Waals surface area contributed by atoms with E-state index < -0.39 is 5.79 Å². The van der Waals surface area contributed by atoms with Crippen molar-refractivity contribution < 1.29 is 23.8 Å². The van der Waals surface area contributed by atoms with E-state index in [-0.39, 0.29) is 40.7 Å². The molecule has 2 aliphatic carbocycles. The lowest BCUT2D eigenvalue weighted by atomic mass is 9.53. The van der Waals surface area contributed by atoms with Gasteiger partial charge in [-0.1, -0.05) is 37.6 Å². The van der Waals surface area contributed by atoms with Gasteiger partial charge >= 0.3 is 5.97 Å². The first kappa shape index (κ1) is 19.0. The SMILES string of the molecule is CO[C@]12C[C@@H](OC(=O)c3ccccc3)[C@H](C[C@H]3C4=CC(=O)C[C@@]4(C)CC[C@@]31C)O2. The van der Waals surface area contributed by atoms with Gasteiger partial charge in [0.05, 0.1) is 11.7 Å². The summed E-state index contributed by atoms with van der Waals surface area (Å²) in [5.41, 5.74) is 1.49. The molecule has 5 rings (SSSR count). The van der Waals surface area contributed by atoms with Gasteiger partial charge in [0.1, 0.15) is 6.10 Å². The molecule has 3 fully saturated rings. The summed E-state index contributed by atoms with van der Waals surface area (Å²) < 4.78 is 18.4. The van der Waals surface area contributed by atoms with Crippen molar-refractivity contribution in [2.75, 3.05) is 7.11 Å². The van der Waals surface area contributed by atoms with E-state index >= 15 is 0 Å². The fraction of sp³-hybridized carbons (Fsp3) is 0.583. The number of esters is 1. The minimum Gasteiger partial charge on any atom is -0.456 e. The second-order valence-electron chi connectivity index (χ2n) is 9.64. The van der Waals surface area contributed by atoms with Crippen molar-refractivity contribution in [3.63, 3.8) is 0 Å². The van der Waals surface area contributed by atoms with E-state index in [0.29, 0.717) is 18.4 Å². The van der Waals surface area contributed by atoms with Crippen LogP contribution in [0.3, 0.4) is 0 Å². The third kappa shape index (κ3) is 2.60. The number of ketones is 1. The van der Waals surface area contributed by atoms with Crippen LogP contribution in [0, 0.1) is 16.7 Å². The molecule has 2 saturated heterocycles. The van der Waals surface area contributed by atoms with Gasteiger partial charge < -0.3 is 14.2 Å². The van der Waals surface area contributed by atoms with E-state index in [2.05, 4.69) is 13.8 Å². The molecule has 6 atom stereocenters. The molecule has 29 heavy (non-hydrogen) atoms. The smallest absolute Gasteiger partial charge is 0.338 e. The summed E-state index contributed by atoms with van der Waals surface area (Å²) in [6.07, 6.45) is 5.06. The van der Waals surface area contributed by atoms with Crippen LogP contribution in [0.5, 0.6) is 0 Å². The highest BCUT2D eigenvalue weighted by molar-refractivity contribution is 5.94. The second-order valence-corrected chi connectivity index (χ2v) is 9.64. The van der Waals surface area contributed by atoms with Crippen LogP contribution < -0.4 is 0 Å². The molecule has 0 N–H and O–H groups in total. The van der Waals surface area contributed by atoms with E-state index in [0.717, 1.165) is 19.3 Å². The molecule has 2 bridgehead atoms. The number of hydrogen-bond acceptors (Lipinski definition) is 5. The molecule has 2 heterocycles. The lowest BCUT2D eigenvalue weighted by molar-refractivity contribution is -0.316. The molecule has 0 radical (unpaired) electrons. The van der Waals surface area contributed by atoms with Gasteiger partial charge in [-0.3, -0.25) is 4.79 Å². The van der Waals surface area contributed by atoms with Crippen molar-refractivity contribution in [1.82, 2.24) is 0 Å². The van der Waals surface area contributed by atoms with Crippen molar-refractivity contribution in [2.45, 2.75) is 63.9 Å². The van der Waals surface area contributed by atoms with Crippen LogP contribution in [0.25, 0.3) is 0 Å². The van der Waals surface area contributed by atoms with Crippen LogP contribution in [-0.4, -0.2) is 36.9 Å². The highest BCUT2D eigenvalue weighted by atomic mass is 16.7. The molecular formula is C24H28O5. The first-order valence-electron chi connectivity index (χ1n) is 10.5. The topological polar surface area (TPSA) is 61.8 Å².